The van der Waals surface area contributed by atoms with Gasteiger partial charge in [0.25, 0.3) is 0 Å². The molecular weight excluding hydrogens is 254 g/mol. The Kier molecular flexibility index (Phi) is 5.70. The minimum Gasteiger partial charge on any atom is -0.481 e. The van der Waals surface area contributed by atoms with Crippen LogP contribution in [0, 0.1) is 16.0 Å². The molecule has 0 spiro atoms. The van der Waals surface area contributed by atoms with Crippen LogP contribution in [0.2, 0.25) is 0 Å². The van der Waals surface area contributed by atoms with Gasteiger partial charge in [0, 0.05) is 18.7 Å². The number of nitrogens with one attached hydrogen (secondary N) is 1. The first-order valence-electron chi connectivity index (χ1n) is 5.50. The van der Waals surface area contributed by atoms with E-state index >= 15 is 0 Å². The summed E-state index contributed by atoms with van der Waals surface area (Å²) >= 11 is 1.74. The molecule has 1 atom stereocenters. The second-order valence-electron chi connectivity index (χ2n) is 3.92. The van der Waals surface area contributed by atoms with Crippen molar-refractivity contribution in [3.05, 3.63) is 22.2 Å². The monoisotopic (exact) mass is 271 g/mol. The number of anilines is 1. The molecule has 0 saturated heterocycles. The lowest BCUT2D eigenvalue weighted by molar-refractivity contribution is -0.384. The van der Waals surface area contributed by atoms with Crippen molar-refractivity contribution < 1.29 is 9.66 Å². The molecule has 100 valence electrons. The van der Waals surface area contributed by atoms with Gasteiger partial charge < -0.3 is 10.1 Å². The van der Waals surface area contributed by atoms with Crippen LogP contribution < -0.4 is 10.1 Å². The van der Waals surface area contributed by atoms with Crippen LogP contribution in [-0.4, -0.2) is 35.6 Å². The molecule has 1 heterocycles. The maximum atomic E-state index is 10.9. The summed E-state index contributed by atoms with van der Waals surface area (Å²) in [5.74, 6) is 2.02. The normalized spacial score (nSPS) is 11.9. The highest BCUT2D eigenvalue weighted by molar-refractivity contribution is 7.98. The molecule has 0 aliphatic carbocycles. The molecule has 0 fully saturated rings. The molecule has 0 aliphatic heterocycles. The van der Waals surface area contributed by atoms with Crippen molar-refractivity contribution in [2.75, 3.05) is 31.0 Å². The summed E-state index contributed by atoms with van der Waals surface area (Å²) < 4.78 is 4.97. The van der Waals surface area contributed by atoms with E-state index in [0.29, 0.717) is 18.3 Å². The molecule has 0 bridgehead atoms. The van der Waals surface area contributed by atoms with Gasteiger partial charge in [0.1, 0.15) is 0 Å². The molecule has 0 aliphatic rings. The molecule has 1 aromatic rings. The number of nitro groups is 1. The number of ether oxygens (including phenoxy) is 1. The van der Waals surface area contributed by atoms with Gasteiger partial charge in [-0.3, -0.25) is 10.1 Å². The Morgan fingerprint density at radius 3 is 2.89 bits per heavy atom. The van der Waals surface area contributed by atoms with Crippen molar-refractivity contribution in [2.45, 2.75) is 6.92 Å². The van der Waals surface area contributed by atoms with Gasteiger partial charge in [0.15, 0.2) is 0 Å². The third-order valence-electron chi connectivity index (χ3n) is 2.32. The number of aromatic nitrogens is 1. The van der Waals surface area contributed by atoms with Gasteiger partial charge in [0.2, 0.25) is 11.7 Å². The third-order valence-corrected chi connectivity index (χ3v) is 3.23. The second-order valence-corrected chi connectivity index (χ2v) is 4.83. The zero-order chi connectivity index (χ0) is 13.5. The first-order chi connectivity index (χ1) is 8.58. The molecule has 0 saturated carbocycles. The summed E-state index contributed by atoms with van der Waals surface area (Å²) in [4.78, 5) is 14.5. The van der Waals surface area contributed by atoms with Crippen LogP contribution >= 0.6 is 11.8 Å². The highest BCUT2D eigenvalue weighted by Crippen LogP contribution is 2.25. The Bertz CT molecular complexity index is 415. The van der Waals surface area contributed by atoms with E-state index in [1.807, 2.05) is 6.26 Å². The Labute approximate surface area is 110 Å². The van der Waals surface area contributed by atoms with Crippen molar-refractivity contribution in [3.63, 3.8) is 0 Å². The van der Waals surface area contributed by atoms with E-state index in [4.69, 9.17) is 4.74 Å². The second kappa shape index (κ2) is 7.05. The van der Waals surface area contributed by atoms with Crippen molar-refractivity contribution in [1.82, 2.24) is 4.98 Å². The number of rotatable bonds is 7. The number of hydrogen-bond donors (Lipinski definition) is 1. The Balaban J connectivity index is 2.80. The number of methoxy groups -OCH3 is 1. The summed E-state index contributed by atoms with van der Waals surface area (Å²) in [5, 5.41) is 13.9. The Hall–Kier alpha value is -1.50. The van der Waals surface area contributed by atoms with Crippen molar-refractivity contribution >= 4 is 23.3 Å². The first-order valence-corrected chi connectivity index (χ1v) is 6.90. The lowest BCUT2D eigenvalue weighted by atomic mass is 10.2. The SMILES string of the molecule is COc1ccc([N+](=O)[O-])c(NCC(C)CSC)n1. The van der Waals surface area contributed by atoms with E-state index in [1.165, 1.54) is 19.2 Å². The maximum absolute atomic E-state index is 10.9. The van der Waals surface area contributed by atoms with Crippen LogP contribution in [0.1, 0.15) is 6.92 Å². The molecule has 7 heteroatoms. The molecule has 6 nitrogen and oxygen atoms in total. The fraction of sp³-hybridized carbons (Fsp3) is 0.545. The van der Waals surface area contributed by atoms with E-state index in [0.717, 1.165) is 5.75 Å². The van der Waals surface area contributed by atoms with E-state index in [2.05, 4.69) is 17.2 Å². The molecular formula is C11H17N3O3S. The highest BCUT2D eigenvalue weighted by atomic mass is 32.2. The summed E-state index contributed by atoms with van der Waals surface area (Å²) in [6, 6.07) is 2.88. The van der Waals surface area contributed by atoms with Crippen molar-refractivity contribution in [2.24, 2.45) is 5.92 Å². The van der Waals surface area contributed by atoms with Gasteiger partial charge in [0.05, 0.1) is 12.0 Å². The highest BCUT2D eigenvalue weighted by Gasteiger charge is 2.16. The Morgan fingerprint density at radius 1 is 1.61 bits per heavy atom. The molecule has 18 heavy (non-hydrogen) atoms. The minimum atomic E-state index is -0.450. The molecule has 1 rings (SSSR count). The summed E-state index contributed by atoms with van der Waals surface area (Å²) in [6.07, 6.45) is 2.03. The van der Waals surface area contributed by atoms with Crippen LogP contribution in [-0.2, 0) is 0 Å². The minimum absolute atomic E-state index is 0.0350. The first kappa shape index (κ1) is 14.6. The summed E-state index contributed by atoms with van der Waals surface area (Å²) in [7, 11) is 1.48. The lowest BCUT2D eigenvalue weighted by Gasteiger charge is -2.12. The van der Waals surface area contributed by atoms with Gasteiger partial charge in [-0.15, -0.1) is 0 Å². The predicted octanol–water partition coefficient (Wildman–Crippen LogP) is 2.41. The molecule has 0 amide bonds. The molecule has 1 aromatic heterocycles. The lowest BCUT2D eigenvalue weighted by Crippen LogP contribution is -2.15. The standard InChI is InChI=1S/C11H17N3O3S/c1-8(7-18-3)6-12-11-9(14(15)16)4-5-10(13-11)17-2/h4-5,8H,6-7H2,1-3H3,(H,12,13). The summed E-state index contributed by atoms with van der Waals surface area (Å²) in [6.45, 7) is 2.72. The topological polar surface area (TPSA) is 77.3 Å². The van der Waals surface area contributed by atoms with Crippen LogP contribution in [0.5, 0.6) is 5.88 Å². The number of nitrogens with zero attached hydrogens (tertiary/aromatic N) is 2. The third kappa shape index (κ3) is 4.06. The van der Waals surface area contributed by atoms with Crippen LogP contribution in [0.25, 0.3) is 0 Å². The van der Waals surface area contributed by atoms with E-state index < -0.39 is 4.92 Å². The maximum Gasteiger partial charge on any atom is 0.311 e. The number of hydrogen-bond acceptors (Lipinski definition) is 6. The molecule has 0 aromatic carbocycles. The van der Waals surface area contributed by atoms with Gasteiger partial charge in [-0.1, -0.05) is 6.92 Å². The van der Waals surface area contributed by atoms with Gasteiger partial charge in [-0.2, -0.15) is 16.7 Å². The number of thioether (sulfide) groups is 1. The van der Waals surface area contributed by atoms with E-state index in [-0.39, 0.29) is 11.5 Å². The van der Waals surface area contributed by atoms with Gasteiger partial charge in [-0.25, -0.2) is 0 Å². The van der Waals surface area contributed by atoms with Gasteiger partial charge >= 0.3 is 5.69 Å². The van der Waals surface area contributed by atoms with Gasteiger partial charge in [-0.05, 0) is 17.9 Å². The van der Waals surface area contributed by atoms with E-state index in [1.54, 1.807) is 11.8 Å². The number of pyridine rings is 1. The predicted molar refractivity (Wildman–Crippen MR) is 73.5 cm³/mol. The van der Waals surface area contributed by atoms with Crippen LogP contribution in [0.4, 0.5) is 11.5 Å². The average molecular weight is 271 g/mol. The quantitative estimate of drug-likeness (QED) is 0.606. The molecule has 1 N–H and O–H groups in total. The fourth-order valence-corrected chi connectivity index (χ4v) is 2.13. The largest absolute Gasteiger partial charge is 0.481 e. The molecule has 1 unspecified atom stereocenters. The average Bonchev–Trinajstić information content (AvgIpc) is 2.36. The van der Waals surface area contributed by atoms with Crippen LogP contribution in [0.3, 0.4) is 0 Å². The van der Waals surface area contributed by atoms with Crippen LogP contribution in [0.15, 0.2) is 12.1 Å². The summed E-state index contributed by atoms with van der Waals surface area (Å²) in [5.41, 5.74) is -0.0350. The Morgan fingerprint density at radius 2 is 2.33 bits per heavy atom. The van der Waals surface area contributed by atoms with E-state index in [9.17, 15) is 10.1 Å². The molecule has 0 radical (unpaired) electrons. The zero-order valence-corrected chi connectivity index (χ0v) is 11.5. The zero-order valence-electron chi connectivity index (χ0n) is 10.7. The van der Waals surface area contributed by atoms with Crippen molar-refractivity contribution in [1.29, 1.82) is 0 Å². The van der Waals surface area contributed by atoms with Crippen molar-refractivity contribution in [3.8, 4) is 5.88 Å². The smallest absolute Gasteiger partial charge is 0.311 e. The fourth-order valence-electron chi connectivity index (χ4n) is 1.44.